The zero-order valence-corrected chi connectivity index (χ0v) is 14.1. The van der Waals surface area contributed by atoms with E-state index in [0.29, 0.717) is 12.3 Å². The number of nitrogens with two attached hydrogens (primary N) is 1. The van der Waals surface area contributed by atoms with Gasteiger partial charge in [-0.1, -0.05) is 19.9 Å². The van der Waals surface area contributed by atoms with Gasteiger partial charge in [0.25, 0.3) is 0 Å². The van der Waals surface area contributed by atoms with E-state index >= 15 is 0 Å². The van der Waals surface area contributed by atoms with Gasteiger partial charge in [-0.2, -0.15) is 0 Å². The Morgan fingerprint density at radius 1 is 1.14 bits per heavy atom. The SMILES string of the molecule is CC(C)CN(CCN(C)C)c1cccc(F)c1CC(C)N. The van der Waals surface area contributed by atoms with Crippen molar-refractivity contribution in [2.24, 2.45) is 11.7 Å². The van der Waals surface area contributed by atoms with E-state index in [9.17, 15) is 4.39 Å². The van der Waals surface area contributed by atoms with E-state index < -0.39 is 0 Å². The molecule has 4 heteroatoms. The molecule has 1 atom stereocenters. The van der Waals surface area contributed by atoms with Crippen LogP contribution in [0.25, 0.3) is 0 Å². The Labute approximate surface area is 128 Å². The summed E-state index contributed by atoms with van der Waals surface area (Å²) in [6.45, 7) is 9.05. The first-order valence-corrected chi connectivity index (χ1v) is 7.74. The number of nitrogens with zero attached hydrogens (tertiary/aromatic N) is 2. The van der Waals surface area contributed by atoms with Crippen molar-refractivity contribution in [2.75, 3.05) is 38.6 Å². The van der Waals surface area contributed by atoms with Crippen LogP contribution in [0.4, 0.5) is 10.1 Å². The topological polar surface area (TPSA) is 32.5 Å². The van der Waals surface area contributed by atoms with Crippen molar-refractivity contribution >= 4 is 5.69 Å². The summed E-state index contributed by atoms with van der Waals surface area (Å²) in [6, 6.07) is 5.29. The number of halogens is 1. The van der Waals surface area contributed by atoms with Crippen molar-refractivity contribution in [1.29, 1.82) is 0 Å². The molecular weight excluding hydrogens is 265 g/mol. The van der Waals surface area contributed by atoms with Gasteiger partial charge in [0, 0.05) is 36.9 Å². The predicted molar refractivity (Wildman–Crippen MR) is 89.4 cm³/mol. The normalized spacial score (nSPS) is 13.0. The third-order valence-corrected chi connectivity index (χ3v) is 3.36. The molecular formula is C17H30FN3. The molecule has 0 aliphatic heterocycles. The van der Waals surface area contributed by atoms with Crippen molar-refractivity contribution in [3.8, 4) is 0 Å². The largest absolute Gasteiger partial charge is 0.370 e. The van der Waals surface area contributed by atoms with Crippen LogP contribution in [0.15, 0.2) is 18.2 Å². The summed E-state index contributed by atoms with van der Waals surface area (Å²) < 4.78 is 14.2. The summed E-state index contributed by atoms with van der Waals surface area (Å²) in [4.78, 5) is 4.43. The van der Waals surface area contributed by atoms with Gasteiger partial charge in [-0.3, -0.25) is 0 Å². The fourth-order valence-corrected chi connectivity index (χ4v) is 2.44. The van der Waals surface area contributed by atoms with E-state index in [-0.39, 0.29) is 11.9 Å². The number of anilines is 1. The number of benzene rings is 1. The van der Waals surface area contributed by atoms with Crippen LogP contribution in [-0.4, -0.2) is 44.7 Å². The van der Waals surface area contributed by atoms with E-state index in [4.69, 9.17) is 5.73 Å². The molecule has 1 aromatic carbocycles. The average molecular weight is 295 g/mol. The highest BCUT2D eigenvalue weighted by Crippen LogP contribution is 2.25. The van der Waals surface area contributed by atoms with Gasteiger partial charge in [0.1, 0.15) is 5.82 Å². The highest BCUT2D eigenvalue weighted by atomic mass is 19.1. The molecule has 0 spiro atoms. The quantitative estimate of drug-likeness (QED) is 0.800. The van der Waals surface area contributed by atoms with Crippen LogP contribution in [-0.2, 0) is 6.42 Å². The standard InChI is InChI=1S/C17H30FN3/c1-13(2)12-21(10-9-20(4)5)17-8-6-7-16(18)15(17)11-14(3)19/h6-8,13-14H,9-12,19H2,1-5H3. The van der Waals surface area contributed by atoms with Crippen molar-refractivity contribution in [3.63, 3.8) is 0 Å². The minimum atomic E-state index is -0.150. The summed E-state index contributed by atoms with van der Waals surface area (Å²) in [6.07, 6.45) is 0.568. The van der Waals surface area contributed by atoms with E-state index in [1.54, 1.807) is 6.07 Å². The van der Waals surface area contributed by atoms with E-state index in [2.05, 4.69) is 37.7 Å². The van der Waals surface area contributed by atoms with Crippen LogP contribution in [0.5, 0.6) is 0 Å². The van der Waals surface area contributed by atoms with Gasteiger partial charge in [0.05, 0.1) is 0 Å². The second-order valence-electron chi connectivity index (χ2n) is 6.56. The van der Waals surface area contributed by atoms with Gasteiger partial charge in [0.2, 0.25) is 0 Å². The first-order chi connectivity index (χ1) is 9.81. The molecule has 0 aliphatic carbocycles. The van der Waals surface area contributed by atoms with E-state index in [0.717, 1.165) is 30.9 Å². The van der Waals surface area contributed by atoms with Gasteiger partial charge in [-0.25, -0.2) is 4.39 Å². The average Bonchev–Trinajstić information content (AvgIpc) is 2.36. The molecule has 1 unspecified atom stereocenters. The Morgan fingerprint density at radius 3 is 2.33 bits per heavy atom. The Morgan fingerprint density at radius 2 is 1.81 bits per heavy atom. The molecule has 0 saturated carbocycles. The Bertz CT molecular complexity index is 430. The number of likely N-dealkylation sites (N-methyl/N-ethyl adjacent to an activating group) is 1. The predicted octanol–water partition coefficient (Wildman–Crippen LogP) is 2.74. The lowest BCUT2D eigenvalue weighted by Crippen LogP contribution is -2.35. The lowest BCUT2D eigenvalue weighted by molar-refractivity contribution is 0.408. The first kappa shape index (κ1) is 17.9. The maximum Gasteiger partial charge on any atom is 0.128 e. The second kappa shape index (κ2) is 8.35. The Hall–Kier alpha value is -1.13. The summed E-state index contributed by atoms with van der Waals surface area (Å²) >= 11 is 0. The molecule has 0 aliphatic rings. The fourth-order valence-electron chi connectivity index (χ4n) is 2.44. The smallest absolute Gasteiger partial charge is 0.128 e. The van der Waals surface area contributed by atoms with Crippen LogP contribution in [0.1, 0.15) is 26.3 Å². The molecule has 0 saturated heterocycles. The molecule has 0 radical (unpaired) electrons. The molecule has 0 amide bonds. The Balaban J connectivity index is 3.07. The van der Waals surface area contributed by atoms with Gasteiger partial charge < -0.3 is 15.5 Å². The molecule has 120 valence electrons. The summed E-state index contributed by atoms with van der Waals surface area (Å²) in [5.74, 6) is 0.377. The van der Waals surface area contributed by atoms with Crippen LogP contribution >= 0.6 is 0 Å². The van der Waals surface area contributed by atoms with Crippen molar-refractivity contribution < 1.29 is 4.39 Å². The summed E-state index contributed by atoms with van der Waals surface area (Å²) in [7, 11) is 4.12. The minimum Gasteiger partial charge on any atom is -0.370 e. The Kier molecular flexibility index (Phi) is 7.12. The summed E-state index contributed by atoms with van der Waals surface area (Å²) in [5, 5.41) is 0. The van der Waals surface area contributed by atoms with Gasteiger partial charge in [-0.05, 0) is 45.5 Å². The molecule has 0 fully saturated rings. The van der Waals surface area contributed by atoms with Crippen molar-refractivity contribution in [3.05, 3.63) is 29.6 Å². The molecule has 1 aromatic rings. The van der Waals surface area contributed by atoms with Crippen LogP contribution in [0.3, 0.4) is 0 Å². The van der Waals surface area contributed by atoms with Gasteiger partial charge in [-0.15, -0.1) is 0 Å². The first-order valence-electron chi connectivity index (χ1n) is 7.74. The molecule has 0 heterocycles. The number of hydrogen-bond acceptors (Lipinski definition) is 3. The maximum absolute atomic E-state index is 14.2. The third kappa shape index (κ3) is 6.02. The van der Waals surface area contributed by atoms with Gasteiger partial charge in [0.15, 0.2) is 0 Å². The highest BCUT2D eigenvalue weighted by molar-refractivity contribution is 5.54. The van der Waals surface area contributed by atoms with Crippen LogP contribution in [0.2, 0.25) is 0 Å². The fraction of sp³-hybridized carbons (Fsp3) is 0.647. The molecule has 21 heavy (non-hydrogen) atoms. The van der Waals surface area contributed by atoms with E-state index in [1.165, 1.54) is 6.07 Å². The van der Waals surface area contributed by atoms with Gasteiger partial charge >= 0.3 is 0 Å². The molecule has 1 rings (SSSR count). The third-order valence-electron chi connectivity index (χ3n) is 3.36. The maximum atomic E-state index is 14.2. The molecule has 2 N–H and O–H groups in total. The minimum absolute atomic E-state index is 0.0459. The monoisotopic (exact) mass is 295 g/mol. The highest BCUT2D eigenvalue weighted by Gasteiger charge is 2.17. The van der Waals surface area contributed by atoms with Crippen molar-refractivity contribution in [1.82, 2.24) is 4.90 Å². The zero-order valence-electron chi connectivity index (χ0n) is 14.1. The second-order valence-corrected chi connectivity index (χ2v) is 6.56. The molecule has 0 bridgehead atoms. The summed E-state index contributed by atoms with van der Waals surface area (Å²) in [5.41, 5.74) is 7.62. The lowest BCUT2D eigenvalue weighted by Gasteiger charge is -2.30. The lowest BCUT2D eigenvalue weighted by atomic mass is 10.0. The van der Waals surface area contributed by atoms with Crippen molar-refractivity contribution in [2.45, 2.75) is 33.2 Å². The number of hydrogen-bond donors (Lipinski definition) is 1. The van der Waals surface area contributed by atoms with Crippen LogP contribution in [0, 0.1) is 11.7 Å². The molecule has 0 aromatic heterocycles. The molecule has 3 nitrogen and oxygen atoms in total. The van der Waals surface area contributed by atoms with E-state index in [1.807, 2.05) is 13.0 Å². The zero-order chi connectivity index (χ0) is 16.0. The van der Waals surface area contributed by atoms with Crippen LogP contribution < -0.4 is 10.6 Å². The number of rotatable bonds is 8.